The van der Waals surface area contributed by atoms with Crippen LogP contribution in [-0.4, -0.2) is 45.9 Å². The zero-order valence-electron chi connectivity index (χ0n) is 12.8. The van der Waals surface area contributed by atoms with Gasteiger partial charge in [-0.2, -0.15) is 0 Å². The number of nitrogens with zero attached hydrogens (tertiary/aromatic N) is 3. The fourth-order valence-electron chi connectivity index (χ4n) is 2.56. The Balaban J connectivity index is 1.94. The number of nitrogens with one attached hydrogen (secondary N) is 1. The minimum absolute atomic E-state index is 0.0119. The van der Waals surface area contributed by atoms with Gasteiger partial charge < -0.3 is 10.2 Å². The van der Waals surface area contributed by atoms with Crippen molar-refractivity contribution in [1.82, 2.24) is 19.8 Å². The second-order valence-electron chi connectivity index (χ2n) is 5.50. The average molecular weight is 306 g/mol. The van der Waals surface area contributed by atoms with Crippen molar-refractivity contribution in [3.05, 3.63) is 28.9 Å². The van der Waals surface area contributed by atoms with Gasteiger partial charge in [0.2, 0.25) is 11.8 Å². The zero-order valence-corrected chi connectivity index (χ0v) is 12.8. The summed E-state index contributed by atoms with van der Waals surface area (Å²) in [5, 5.41) is 2.88. The topological polar surface area (TPSA) is 84.3 Å². The Bertz CT molecular complexity index is 584. The second kappa shape index (κ2) is 7.72. The van der Waals surface area contributed by atoms with Crippen LogP contribution >= 0.6 is 0 Å². The highest BCUT2D eigenvalue weighted by molar-refractivity contribution is 5.81. The number of carbonyl (C=O) groups excluding carboxylic acids is 2. The molecule has 1 atom stereocenters. The average Bonchev–Trinajstić information content (AvgIpc) is 2.54. The van der Waals surface area contributed by atoms with Gasteiger partial charge in [-0.3, -0.25) is 14.2 Å². The molecule has 0 radical (unpaired) electrons. The largest absolute Gasteiger partial charge is 0.356 e. The van der Waals surface area contributed by atoms with Crippen LogP contribution in [0.1, 0.15) is 26.2 Å². The first-order chi connectivity index (χ1) is 10.6. The Morgan fingerprint density at radius 2 is 2.27 bits per heavy atom. The third-order valence-electron chi connectivity index (χ3n) is 3.78. The first-order valence-corrected chi connectivity index (χ1v) is 7.68. The van der Waals surface area contributed by atoms with Gasteiger partial charge in [0, 0.05) is 32.0 Å². The van der Waals surface area contributed by atoms with Gasteiger partial charge in [0.05, 0.1) is 5.92 Å². The monoisotopic (exact) mass is 306 g/mol. The molecule has 1 fully saturated rings. The van der Waals surface area contributed by atoms with Gasteiger partial charge in [0.1, 0.15) is 6.54 Å². The van der Waals surface area contributed by atoms with Crippen molar-refractivity contribution in [2.45, 2.75) is 32.7 Å². The summed E-state index contributed by atoms with van der Waals surface area (Å²) in [6.45, 7) is 3.68. The van der Waals surface area contributed by atoms with E-state index >= 15 is 0 Å². The highest BCUT2D eigenvalue weighted by Gasteiger charge is 2.28. The van der Waals surface area contributed by atoms with E-state index in [4.69, 9.17) is 0 Å². The van der Waals surface area contributed by atoms with Crippen LogP contribution in [0.3, 0.4) is 0 Å². The number of rotatable bonds is 5. The fraction of sp³-hybridized carbons (Fsp3) is 0.600. The van der Waals surface area contributed by atoms with E-state index in [0.29, 0.717) is 19.6 Å². The van der Waals surface area contributed by atoms with E-state index in [1.165, 1.54) is 10.8 Å². The highest BCUT2D eigenvalue weighted by atomic mass is 16.2. The van der Waals surface area contributed by atoms with Crippen molar-refractivity contribution >= 4 is 11.8 Å². The van der Waals surface area contributed by atoms with Crippen LogP contribution in [0.15, 0.2) is 23.3 Å². The number of carbonyl (C=O) groups is 2. The van der Waals surface area contributed by atoms with Gasteiger partial charge >= 0.3 is 5.69 Å². The van der Waals surface area contributed by atoms with Crippen molar-refractivity contribution in [1.29, 1.82) is 0 Å². The maximum atomic E-state index is 12.3. The molecular formula is C15H22N4O3. The van der Waals surface area contributed by atoms with Crippen LogP contribution < -0.4 is 11.0 Å². The van der Waals surface area contributed by atoms with E-state index in [2.05, 4.69) is 10.3 Å². The molecule has 22 heavy (non-hydrogen) atoms. The fourth-order valence-corrected chi connectivity index (χ4v) is 2.56. The van der Waals surface area contributed by atoms with Crippen molar-refractivity contribution in [3.8, 4) is 0 Å². The van der Waals surface area contributed by atoms with E-state index in [-0.39, 0.29) is 24.3 Å². The molecule has 1 N–H and O–H groups in total. The van der Waals surface area contributed by atoms with Crippen LogP contribution in [0.5, 0.6) is 0 Å². The van der Waals surface area contributed by atoms with E-state index < -0.39 is 5.69 Å². The zero-order chi connectivity index (χ0) is 15.9. The summed E-state index contributed by atoms with van der Waals surface area (Å²) in [4.78, 5) is 41.2. The minimum atomic E-state index is -0.440. The van der Waals surface area contributed by atoms with Gasteiger partial charge in [-0.25, -0.2) is 9.78 Å². The smallest absolute Gasteiger partial charge is 0.347 e. The second-order valence-corrected chi connectivity index (χ2v) is 5.50. The van der Waals surface area contributed by atoms with Gasteiger partial charge in [-0.05, 0) is 25.3 Å². The Hall–Kier alpha value is -2.18. The molecule has 0 bridgehead atoms. The summed E-state index contributed by atoms with van der Waals surface area (Å²) in [5.41, 5.74) is -0.440. The predicted octanol–water partition coefficient (Wildman–Crippen LogP) is 0.00810. The molecule has 2 amide bonds. The molecule has 0 aromatic carbocycles. The van der Waals surface area contributed by atoms with Gasteiger partial charge in [0.25, 0.3) is 0 Å². The van der Waals surface area contributed by atoms with Gasteiger partial charge in [-0.15, -0.1) is 0 Å². The summed E-state index contributed by atoms with van der Waals surface area (Å²) in [6, 6.07) is 1.62. The number of amides is 2. The van der Waals surface area contributed by atoms with E-state index in [0.717, 1.165) is 19.3 Å². The molecule has 0 aliphatic carbocycles. The molecule has 2 heterocycles. The molecule has 7 nitrogen and oxygen atoms in total. The maximum absolute atomic E-state index is 12.3. The van der Waals surface area contributed by atoms with Gasteiger partial charge in [0.15, 0.2) is 0 Å². The molecule has 2 rings (SSSR count). The molecule has 1 aliphatic rings. The summed E-state index contributed by atoms with van der Waals surface area (Å²) < 4.78 is 1.28. The summed E-state index contributed by atoms with van der Waals surface area (Å²) in [7, 11) is 0. The lowest BCUT2D eigenvalue weighted by atomic mass is 9.97. The molecule has 1 unspecified atom stereocenters. The summed E-state index contributed by atoms with van der Waals surface area (Å²) in [5.74, 6) is -0.296. The van der Waals surface area contributed by atoms with Crippen LogP contribution in [-0.2, 0) is 16.1 Å². The standard InChI is InChI=1S/C15H22N4O3/c1-2-6-16-14(21)12-5-3-8-18(10-12)13(20)11-19-9-4-7-17-15(19)22/h4,7,9,12H,2-3,5-6,8,10-11H2,1H3,(H,16,21). The van der Waals surface area contributed by atoms with Crippen molar-refractivity contribution in [2.75, 3.05) is 19.6 Å². The molecule has 0 saturated carbocycles. The number of piperidine rings is 1. The number of likely N-dealkylation sites (tertiary alicyclic amines) is 1. The summed E-state index contributed by atoms with van der Waals surface area (Å²) >= 11 is 0. The van der Waals surface area contributed by atoms with Crippen molar-refractivity contribution < 1.29 is 9.59 Å². The van der Waals surface area contributed by atoms with E-state index in [9.17, 15) is 14.4 Å². The molecule has 1 aromatic rings. The normalized spacial score (nSPS) is 18.0. The number of aromatic nitrogens is 2. The maximum Gasteiger partial charge on any atom is 0.347 e. The Kier molecular flexibility index (Phi) is 5.68. The number of hydrogen-bond acceptors (Lipinski definition) is 4. The molecule has 1 aliphatic heterocycles. The van der Waals surface area contributed by atoms with Crippen LogP contribution in [0, 0.1) is 5.92 Å². The lowest BCUT2D eigenvalue weighted by Gasteiger charge is -2.32. The predicted molar refractivity (Wildman–Crippen MR) is 81.1 cm³/mol. The molecule has 120 valence electrons. The molecule has 1 saturated heterocycles. The summed E-state index contributed by atoms with van der Waals surface area (Å²) in [6.07, 6.45) is 5.44. The lowest BCUT2D eigenvalue weighted by Crippen LogP contribution is -2.47. The van der Waals surface area contributed by atoms with Gasteiger partial charge in [-0.1, -0.05) is 6.92 Å². The quantitative estimate of drug-likeness (QED) is 0.830. The van der Waals surface area contributed by atoms with E-state index in [1.54, 1.807) is 17.2 Å². The highest BCUT2D eigenvalue weighted by Crippen LogP contribution is 2.17. The van der Waals surface area contributed by atoms with Crippen LogP contribution in [0.2, 0.25) is 0 Å². The number of hydrogen-bond donors (Lipinski definition) is 1. The van der Waals surface area contributed by atoms with Crippen molar-refractivity contribution in [3.63, 3.8) is 0 Å². The lowest BCUT2D eigenvalue weighted by molar-refractivity contribution is -0.136. The first-order valence-electron chi connectivity index (χ1n) is 7.68. The first kappa shape index (κ1) is 16.2. The minimum Gasteiger partial charge on any atom is -0.356 e. The Morgan fingerprint density at radius 1 is 1.45 bits per heavy atom. The SMILES string of the molecule is CCCNC(=O)C1CCCN(C(=O)Cn2cccnc2=O)C1. The third kappa shape index (κ3) is 4.16. The van der Waals surface area contributed by atoms with Crippen LogP contribution in [0.4, 0.5) is 0 Å². The molecule has 1 aromatic heterocycles. The van der Waals surface area contributed by atoms with E-state index in [1.807, 2.05) is 6.92 Å². The third-order valence-corrected chi connectivity index (χ3v) is 3.78. The van der Waals surface area contributed by atoms with Crippen LogP contribution in [0.25, 0.3) is 0 Å². The van der Waals surface area contributed by atoms with Crippen molar-refractivity contribution in [2.24, 2.45) is 5.92 Å². The Labute approximate surface area is 129 Å². The molecule has 0 spiro atoms. The molecular weight excluding hydrogens is 284 g/mol. The molecule has 7 heteroatoms. The Morgan fingerprint density at radius 3 is 3.00 bits per heavy atom.